The minimum absolute atomic E-state index is 0.639. The summed E-state index contributed by atoms with van der Waals surface area (Å²) in [6.45, 7) is 9.48. The van der Waals surface area contributed by atoms with E-state index in [0.717, 1.165) is 0 Å². The Morgan fingerprint density at radius 3 is 0.795 bits per heavy atom. The van der Waals surface area contributed by atoms with Gasteiger partial charge in [0, 0.05) is 25.5 Å². The van der Waals surface area contributed by atoms with E-state index in [1.807, 2.05) is 0 Å². The lowest BCUT2D eigenvalue weighted by Gasteiger charge is -2.33. The Balaban J connectivity index is 2.22. The van der Waals surface area contributed by atoms with Crippen LogP contribution in [0.2, 0.25) is 0 Å². The molecule has 1 atom stereocenters. The molecule has 0 fully saturated rings. The number of unbranched alkanes of at least 4 members (excludes halogenated alkanes) is 30. The van der Waals surface area contributed by atoms with Crippen LogP contribution < -0.4 is 0 Å². The van der Waals surface area contributed by atoms with E-state index in [0.29, 0.717) is 6.17 Å². The highest BCUT2D eigenvalue weighted by Gasteiger charge is 2.24. The van der Waals surface area contributed by atoms with Crippen molar-refractivity contribution in [1.82, 2.24) is 9.80 Å². The maximum atomic E-state index is 2.72. The molecule has 2 nitrogen and oxygen atoms in total. The monoisotopic (exact) mass is 617 g/mol. The van der Waals surface area contributed by atoms with Gasteiger partial charge in [-0.2, -0.15) is 0 Å². The molecule has 1 rings (SSSR count). The quantitative estimate of drug-likeness (QED) is 0.0646. The zero-order valence-electron chi connectivity index (χ0n) is 31.1. The van der Waals surface area contributed by atoms with Gasteiger partial charge >= 0.3 is 0 Å². The summed E-state index contributed by atoms with van der Waals surface area (Å²) in [5, 5.41) is 0. The molecule has 0 N–H and O–H groups in total. The van der Waals surface area contributed by atoms with E-state index >= 15 is 0 Å². The highest BCUT2D eigenvalue weighted by Crippen LogP contribution is 2.24. The molecule has 0 saturated heterocycles. The second kappa shape index (κ2) is 33.7. The van der Waals surface area contributed by atoms with E-state index < -0.39 is 0 Å². The fourth-order valence-corrected chi connectivity index (χ4v) is 7.25. The van der Waals surface area contributed by atoms with Gasteiger partial charge in [-0.1, -0.05) is 213 Å². The van der Waals surface area contributed by atoms with Gasteiger partial charge in [0.15, 0.2) is 0 Å². The van der Waals surface area contributed by atoms with Crippen molar-refractivity contribution in [2.75, 3.05) is 13.1 Å². The topological polar surface area (TPSA) is 6.48 Å². The summed E-state index contributed by atoms with van der Waals surface area (Å²) in [5.41, 5.74) is 0. The first-order valence-corrected chi connectivity index (χ1v) is 21.0. The molecule has 0 aliphatic carbocycles. The molecule has 44 heavy (non-hydrogen) atoms. The van der Waals surface area contributed by atoms with Crippen LogP contribution in [-0.4, -0.2) is 29.1 Å². The Morgan fingerprint density at radius 2 is 0.523 bits per heavy atom. The Hall–Kier alpha value is -0.660. The first kappa shape index (κ1) is 41.4. The molecule has 0 aromatic heterocycles. The highest BCUT2D eigenvalue weighted by atomic mass is 15.4. The predicted molar refractivity (Wildman–Crippen MR) is 200 cm³/mol. The third-order valence-corrected chi connectivity index (χ3v) is 10.3. The van der Waals surface area contributed by atoms with Crippen molar-refractivity contribution in [2.45, 2.75) is 245 Å². The van der Waals surface area contributed by atoms with Crippen molar-refractivity contribution >= 4 is 0 Å². The molecular weight excluding hydrogens is 532 g/mol. The summed E-state index contributed by atoms with van der Waals surface area (Å²) in [5.74, 6) is 0. The minimum atomic E-state index is 0.639. The third kappa shape index (κ3) is 25.5. The van der Waals surface area contributed by atoms with Gasteiger partial charge in [0.05, 0.1) is 0 Å². The van der Waals surface area contributed by atoms with Crippen molar-refractivity contribution in [2.24, 2.45) is 0 Å². The van der Waals surface area contributed by atoms with E-state index in [1.165, 1.54) is 231 Å². The van der Waals surface area contributed by atoms with Crippen molar-refractivity contribution < 1.29 is 0 Å². The highest BCUT2D eigenvalue weighted by molar-refractivity contribution is 4.97. The Bertz CT molecular complexity index is 572. The molecule has 0 bridgehead atoms. The lowest BCUT2D eigenvalue weighted by atomic mass is 10.0. The van der Waals surface area contributed by atoms with Crippen LogP contribution in [0.15, 0.2) is 12.4 Å². The summed E-state index contributed by atoms with van der Waals surface area (Å²) in [6.07, 6.45) is 54.4. The molecule has 1 aliphatic rings. The van der Waals surface area contributed by atoms with Crippen LogP contribution in [0.25, 0.3) is 0 Å². The van der Waals surface area contributed by atoms with E-state index in [9.17, 15) is 0 Å². The zero-order valence-corrected chi connectivity index (χ0v) is 31.1. The summed E-state index contributed by atoms with van der Waals surface area (Å²) in [7, 11) is 0. The van der Waals surface area contributed by atoms with E-state index in [4.69, 9.17) is 0 Å². The Morgan fingerprint density at radius 1 is 0.295 bits per heavy atom. The average Bonchev–Trinajstić information content (AvgIpc) is 3.42. The standard InChI is InChI=1S/C42H84N2/c1-4-7-10-13-16-19-21-22-23-25-28-31-34-37-42-43(38-35-32-29-26-18-15-12-9-6-3)40-41-44(42)39-36-33-30-27-24-20-17-14-11-8-5-2/h40-42H,4-39H2,1-3H3. The molecule has 0 aromatic carbocycles. The number of hydrogen-bond acceptors (Lipinski definition) is 2. The van der Waals surface area contributed by atoms with Crippen LogP contribution >= 0.6 is 0 Å². The summed E-state index contributed by atoms with van der Waals surface area (Å²) < 4.78 is 0. The van der Waals surface area contributed by atoms with Crippen molar-refractivity contribution in [1.29, 1.82) is 0 Å². The van der Waals surface area contributed by atoms with Gasteiger partial charge in [-0.25, -0.2) is 0 Å². The average molecular weight is 617 g/mol. The Kier molecular flexibility index (Phi) is 31.7. The lowest BCUT2D eigenvalue weighted by molar-refractivity contribution is 0.135. The van der Waals surface area contributed by atoms with Gasteiger partial charge in [0.1, 0.15) is 6.17 Å². The SMILES string of the molecule is CCCCCCCCCCCCCCCC1N(CCCCCCCCCCC)C=CN1CCCCCCCCCCCCC. The molecule has 0 amide bonds. The van der Waals surface area contributed by atoms with Crippen LogP contribution in [0.4, 0.5) is 0 Å². The fraction of sp³-hybridized carbons (Fsp3) is 0.952. The minimum Gasteiger partial charge on any atom is -0.356 e. The van der Waals surface area contributed by atoms with E-state index in [2.05, 4.69) is 43.0 Å². The molecule has 1 heterocycles. The summed E-state index contributed by atoms with van der Waals surface area (Å²) in [4.78, 5) is 5.45. The first-order chi connectivity index (χ1) is 21.8. The molecule has 1 aliphatic heterocycles. The summed E-state index contributed by atoms with van der Waals surface area (Å²) >= 11 is 0. The molecule has 2 heteroatoms. The molecule has 0 aromatic rings. The van der Waals surface area contributed by atoms with Gasteiger partial charge in [-0.3, -0.25) is 0 Å². The van der Waals surface area contributed by atoms with Crippen LogP contribution in [0.1, 0.15) is 239 Å². The molecule has 0 radical (unpaired) electrons. The van der Waals surface area contributed by atoms with Crippen molar-refractivity contribution in [3.05, 3.63) is 12.4 Å². The lowest BCUT2D eigenvalue weighted by Crippen LogP contribution is -2.39. The largest absolute Gasteiger partial charge is 0.356 e. The van der Waals surface area contributed by atoms with Gasteiger partial charge < -0.3 is 9.80 Å². The second-order valence-corrected chi connectivity index (χ2v) is 14.6. The maximum Gasteiger partial charge on any atom is 0.101 e. The molecule has 1 unspecified atom stereocenters. The van der Waals surface area contributed by atoms with Crippen molar-refractivity contribution in [3.63, 3.8) is 0 Å². The fourth-order valence-electron chi connectivity index (χ4n) is 7.25. The van der Waals surface area contributed by atoms with Gasteiger partial charge in [-0.05, 0) is 25.7 Å². The summed E-state index contributed by atoms with van der Waals surface area (Å²) in [6, 6.07) is 0. The van der Waals surface area contributed by atoms with Gasteiger partial charge in [0.2, 0.25) is 0 Å². The molecule has 0 spiro atoms. The van der Waals surface area contributed by atoms with E-state index in [-0.39, 0.29) is 0 Å². The smallest absolute Gasteiger partial charge is 0.101 e. The van der Waals surface area contributed by atoms with Gasteiger partial charge in [0.25, 0.3) is 0 Å². The maximum absolute atomic E-state index is 2.72. The zero-order chi connectivity index (χ0) is 31.6. The van der Waals surface area contributed by atoms with Crippen molar-refractivity contribution in [3.8, 4) is 0 Å². The van der Waals surface area contributed by atoms with Crippen LogP contribution in [0.3, 0.4) is 0 Å². The van der Waals surface area contributed by atoms with Crippen LogP contribution in [0.5, 0.6) is 0 Å². The number of hydrogen-bond donors (Lipinski definition) is 0. The third-order valence-electron chi connectivity index (χ3n) is 10.3. The number of nitrogens with zero attached hydrogens (tertiary/aromatic N) is 2. The molecular formula is C42H84N2. The predicted octanol–water partition coefficient (Wildman–Crippen LogP) is 14.7. The van der Waals surface area contributed by atoms with Crippen LogP contribution in [-0.2, 0) is 0 Å². The molecule has 262 valence electrons. The molecule has 0 saturated carbocycles. The Labute approximate surface area is 280 Å². The number of rotatable bonds is 36. The van der Waals surface area contributed by atoms with Gasteiger partial charge in [-0.15, -0.1) is 0 Å². The van der Waals surface area contributed by atoms with Crippen LogP contribution in [0, 0.1) is 0 Å². The first-order valence-electron chi connectivity index (χ1n) is 21.0. The second-order valence-electron chi connectivity index (χ2n) is 14.6. The van der Waals surface area contributed by atoms with E-state index in [1.54, 1.807) is 0 Å². The normalized spacial score (nSPS) is 14.8.